The minimum Gasteiger partial charge on any atom is -0.360 e. The van der Waals surface area contributed by atoms with Gasteiger partial charge in [0.05, 0.1) is 0 Å². The van der Waals surface area contributed by atoms with Crippen LogP contribution in [0, 0.1) is 0 Å². The number of piperazine rings is 1. The Morgan fingerprint density at radius 1 is 1.35 bits per heavy atom. The first-order valence-corrected chi connectivity index (χ1v) is 7.23. The van der Waals surface area contributed by atoms with Gasteiger partial charge in [0.2, 0.25) is 12.4 Å². The monoisotopic (exact) mass is 277 g/mol. The number of hydrogen-bond acceptors (Lipinski definition) is 5. The average Bonchev–Trinajstić information content (AvgIpc) is 2.52. The molecule has 0 aliphatic carbocycles. The maximum Gasteiger partial charge on any atom is 0.227 e. The molecule has 0 N–H and O–H groups in total. The molecule has 2 rings (SSSR count). The molecule has 0 atom stereocenters. The fourth-order valence-electron chi connectivity index (χ4n) is 2.24. The van der Waals surface area contributed by atoms with E-state index in [0.29, 0.717) is 0 Å². The Labute approximate surface area is 120 Å². The van der Waals surface area contributed by atoms with Crippen molar-refractivity contribution in [3.05, 3.63) is 12.3 Å². The summed E-state index contributed by atoms with van der Waals surface area (Å²) in [4.78, 5) is 25.8. The summed E-state index contributed by atoms with van der Waals surface area (Å²) < 4.78 is 0. The Bertz CT molecular complexity index is 431. The number of amides is 1. The van der Waals surface area contributed by atoms with Gasteiger partial charge >= 0.3 is 0 Å². The van der Waals surface area contributed by atoms with Crippen molar-refractivity contribution in [3.8, 4) is 0 Å². The van der Waals surface area contributed by atoms with Crippen molar-refractivity contribution >= 4 is 18.2 Å². The molecule has 0 aromatic carbocycles. The van der Waals surface area contributed by atoms with Crippen molar-refractivity contribution in [1.82, 2.24) is 14.9 Å². The number of nitrogens with zero attached hydrogens (tertiary/aromatic N) is 5. The third-order valence-electron chi connectivity index (χ3n) is 3.61. The predicted octanol–water partition coefficient (Wildman–Crippen LogP) is 0.991. The SMILES string of the molecule is CCCCN(C)c1ccnc(N2CCN(C=O)CC2)n1. The zero-order valence-corrected chi connectivity index (χ0v) is 12.3. The van der Waals surface area contributed by atoms with E-state index in [9.17, 15) is 4.79 Å². The highest BCUT2D eigenvalue weighted by Crippen LogP contribution is 2.15. The van der Waals surface area contributed by atoms with Gasteiger partial charge in [-0.2, -0.15) is 4.98 Å². The lowest BCUT2D eigenvalue weighted by Gasteiger charge is -2.32. The van der Waals surface area contributed by atoms with Crippen LogP contribution in [-0.4, -0.2) is 61.0 Å². The highest BCUT2D eigenvalue weighted by atomic mass is 16.1. The molecule has 0 saturated carbocycles. The topological polar surface area (TPSA) is 52.6 Å². The van der Waals surface area contributed by atoms with Crippen LogP contribution in [-0.2, 0) is 4.79 Å². The Hall–Kier alpha value is -1.85. The summed E-state index contributed by atoms with van der Waals surface area (Å²) in [5.74, 6) is 1.72. The summed E-state index contributed by atoms with van der Waals surface area (Å²) in [5.41, 5.74) is 0. The van der Waals surface area contributed by atoms with E-state index in [1.54, 1.807) is 4.90 Å². The molecule has 1 amide bonds. The normalized spacial score (nSPS) is 15.3. The van der Waals surface area contributed by atoms with E-state index in [1.165, 1.54) is 6.42 Å². The molecule has 20 heavy (non-hydrogen) atoms. The van der Waals surface area contributed by atoms with Crippen molar-refractivity contribution in [2.45, 2.75) is 19.8 Å². The number of carbonyl (C=O) groups is 1. The van der Waals surface area contributed by atoms with Gasteiger partial charge in [-0.1, -0.05) is 13.3 Å². The lowest BCUT2D eigenvalue weighted by molar-refractivity contribution is -0.118. The lowest BCUT2D eigenvalue weighted by atomic mass is 10.3. The van der Waals surface area contributed by atoms with Crippen LogP contribution in [0.5, 0.6) is 0 Å². The second kappa shape index (κ2) is 7.07. The van der Waals surface area contributed by atoms with Gasteiger partial charge in [0.25, 0.3) is 0 Å². The first-order valence-electron chi connectivity index (χ1n) is 7.23. The van der Waals surface area contributed by atoms with Crippen molar-refractivity contribution in [2.75, 3.05) is 49.6 Å². The number of carbonyl (C=O) groups excluding carboxylic acids is 1. The number of anilines is 2. The van der Waals surface area contributed by atoms with Crippen LogP contribution in [0.1, 0.15) is 19.8 Å². The molecular weight excluding hydrogens is 254 g/mol. The van der Waals surface area contributed by atoms with Crippen LogP contribution in [0.4, 0.5) is 11.8 Å². The van der Waals surface area contributed by atoms with Gasteiger partial charge in [-0.15, -0.1) is 0 Å². The number of aromatic nitrogens is 2. The molecular formula is C14H23N5O. The Kier molecular flexibility index (Phi) is 5.15. The van der Waals surface area contributed by atoms with Gasteiger partial charge in [0.1, 0.15) is 5.82 Å². The quantitative estimate of drug-likeness (QED) is 0.726. The van der Waals surface area contributed by atoms with E-state index in [2.05, 4.69) is 33.7 Å². The summed E-state index contributed by atoms with van der Waals surface area (Å²) in [6.45, 7) is 6.25. The standard InChI is InChI=1S/C14H23N5O/c1-3-4-7-17(2)13-5-6-15-14(16-13)19-10-8-18(12-20)9-11-19/h5-6,12H,3-4,7-11H2,1-2H3. The number of rotatable bonds is 6. The molecule has 6 nitrogen and oxygen atoms in total. The molecule has 0 bridgehead atoms. The molecule has 2 heterocycles. The van der Waals surface area contributed by atoms with Gasteiger partial charge in [-0.25, -0.2) is 4.98 Å². The molecule has 0 spiro atoms. The molecule has 110 valence electrons. The summed E-state index contributed by atoms with van der Waals surface area (Å²) in [5, 5.41) is 0. The van der Waals surface area contributed by atoms with Crippen LogP contribution in [0.3, 0.4) is 0 Å². The number of unbranched alkanes of at least 4 members (excludes halogenated alkanes) is 1. The molecule has 1 aliphatic rings. The first kappa shape index (κ1) is 14.6. The zero-order chi connectivity index (χ0) is 14.4. The van der Waals surface area contributed by atoms with Gasteiger partial charge in [0.15, 0.2) is 0 Å². The van der Waals surface area contributed by atoms with Crippen LogP contribution >= 0.6 is 0 Å². The summed E-state index contributed by atoms with van der Waals surface area (Å²) in [6.07, 6.45) is 5.06. The average molecular weight is 277 g/mol. The Balaban J connectivity index is 2.00. The van der Waals surface area contributed by atoms with Crippen LogP contribution in [0.15, 0.2) is 12.3 Å². The van der Waals surface area contributed by atoms with Crippen LogP contribution in [0.2, 0.25) is 0 Å². The molecule has 1 aromatic heterocycles. The second-order valence-electron chi connectivity index (χ2n) is 5.12. The molecule has 0 unspecified atom stereocenters. The van der Waals surface area contributed by atoms with Gasteiger partial charge < -0.3 is 14.7 Å². The van der Waals surface area contributed by atoms with Crippen LogP contribution in [0.25, 0.3) is 0 Å². The molecule has 1 saturated heterocycles. The molecule has 1 fully saturated rings. The maximum atomic E-state index is 10.7. The highest BCUT2D eigenvalue weighted by molar-refractivity contribution is 5.49. The van der Waals surface area contributed by atoms with E-state index < -0.39 is 0 Å². The lowest BCUT2D eigenvalue weighted by Crippen LogP contribution is -2.46. The first-order chi connectivity index (χ1) is 9.74. The highest BCUT2D eigenvalue weighted by Gasteiger charge is 2.18. The fourth-order valence-corrected chi connectivity index (χ4v) is 2.24. The van der Waals surface area contributed by atoms with Crippen molar-refractivity contribution in [3.63, 3.8) is 0 Å². The van der Waals surface area contributed by atoms with E-state index in [4.69, 9.17) is 0 Å². The molecule has 6 heteroatoms. The minimum atomic E-state index is 0.739. The van der Waals surface area contributed by atoms with E-state index in [-0.39, 0.29) is 0 Å². The van der Waals surface area contributed by atoms with Gasteiger partial charge in [0, 0.05) is 46.0 Å². The van der Waals surface area contributed by atoms with Crippen molar-refractivity contribution < 1.29 is 4.79 Å². The smallest absolute Gasteiger partial charge is 0.227 e. The summed E-state index contributed by atoms with van der Waals surface area (Å²) >= 11 is 0. The molecule has 1 aromatic rings. The Morgan fingerprint density at radius 2 is 2.10 bits per heavy atom. The van der Waals surface area contributed by atoms with Gasteiger partial charge in [-0.05, 0) is 12.5 Å². The molecule has 0 radical (unpaired) electrons. The fraction of sp³-hybridized carbons (Fsp3) is 0.643. The van der Waals surface area contributed by atoms with Crippen molar-refractivity contribution in [2.24, 2.45) is 0 Å². The van der Waals surface area contributed by atoms with E-state index >= 15 is 0 Å². The predicted molar refractivity (Wildman–Crippen MR) is 80.1 cm³/mol. The zero-order valence-electron chi connectivity index (χ0n) is 12.3. The summed E-state index contributed by atoms with van der Waals surface area (Å²) in [7, 11) is 2.06. The second-order valence-corrected chi connectivity index (χ2v) is 5.12. The van der Waals surface area contributed by atoms with E-state index in [1.807, 2.05) is 12.3 Å². The number of hydrogen-bond donors (Lipinski definition) is 0. The van der Waals surface area contributed by atoms with Gasteiger partial charge in [-0.3, -0.25) is 4.79 Å². The largest absolute Gasteiger partial charge is 0.360 e. The third kappa shape index (κ3) is 3.59. The van der Waals surface area contributed by atoms with E-state index in [0.717, 1.165) is 57.3 Å². The van der Waals surface area contributed by atoms with Crippen molar-refractivity contribution in [1.29, 1.82) is 0 Å². The maximum absolute atomic E-state index is 10.7. The summed E-state index contributed by atoms with van der Waals surface area (Å²) in [6, 6.07) is 1.95. The molecule has 1 aliphatic heterocycles. The Morgan fingerprint density at radius 3 is 2.75 bits per heavy atom. The third-order valence-corrected chi connectivity index (χ3v) is 3.61. The minimum absolute atomic E-state index is 0.739. The van der Waals surface area contributed by atoms with Crippen LogP contribution < -0.4 is 9.80 Å².